The Kier molecular flexibility index (Phi) is 5.82. The molecule has 6 heteroatoms. The molecular formula is C10H19BrN4S. The van der Waals surface area contributed by atoms with E-state index in [4.69, 9.17) is 5.84 Å². The number of nitrogens with one attached hydrogen (secondary N) is 1. The van der Waals surface area contributed by atoms with E-state index in [1.807, 2.05) is 23.5 Å². The molecule has 1 atom stereocenters. The molecule has 92 valence electrons. The lowest BCUT2D eigenvalue weighted by molar-refractivity contribution is 0.552. The first-order chi connectivity index (χ1) is 7.56. The van der Waals surface area contributed by atoms with E-state index in [9.17, 15) is 0 Å². The number of hydrogen-bond donors (Lipinski definition) is 2. The predicted molar refractivity (Wildman–Crippen MR) is 73.1 cm³/mol. The molecule has 0 amide bonds. The van der Waals surface area contributed by atoms with Gasteiger partial charge in [0.05, 0.1) is 22.4 Å². The summed E-state index contributed by atoms with van der Waals surface area (Å²) in [6, 6.07) is 0.130. The van der Waals surface area contributed by atoms with Crippen molar-refractivity contribution in [3.05, 3.63) is 16.4 Å². The summed E-state index contributed by atoms with van der Waals surface area (Å²) in [7, 11) is 1.93. The van der Waals surface area contributed by atoms with E-state index in [0.717, 1.165) is 21.7 Å². The second-order valence-electron chi connectivity index (χ2n) is 4.15. The normalized spacial score (nSPS) is 13.4. The summed E-state index contributed by atoms with van der Waals surface area (Å²) in [5, 5.41) is 4.19. The van der Waals surface area contributed by atoms with Crippen LogP contribution < -0.4 is 11.3 Å². The summed E-state index contributed by atoms with van der Waals surface area (Å²) in [4.78, 5) is 0. The summed E-state index contributed by atoms with van der Waals surface area (Å²) in [6.45, 7) is 4.44. The highest BCUT2D eigenvalue weighted by molar-refractivity contribution is 9.10. The Morgan fingerprint density at radius 2 is 2.25 bits per heavy atom. The molecule has 0 radical (unpaired) electrons. The number of nitrogens with zero attached hydrogens (tertiary/aromatic N) is 2. The molecule has 1 heterocycles. The summed E-state index contributed by atoms with van der Waals surface area (Å²) in [6.07, 6.45) is 1.80. The molecule has 0 spiro atoms. The average Bonchev–Trinajstić information content (AvgIpc) is 2.54. The topological polar surface area (TPSA) is 55.9 Å². The van der Waals surface area contributed by atoms with Crippen molar-refractivity contribution in [2.24, 2.45) is 18.8 Å². The third-order valence-corrected chi connectivity index (χ3v) is 4.29. The lowest BCUT2D eigenvalue weighted by Gasteiger charge is -2.17. The van der Waals surface area contributed by atoms with Gasteiger partial charge < -0.3 is 0 Å². The van der Waals surface area contributed by atoms with Crippen molar-refractivity contribution in [1.29, 1.82) is 0 Å². The fourth-order valence-electron chi connectivity index (χ4n) is 1.44. The molecule has 1 aromatic heterocycles. The molecule has 0 saturated carbocycles. The van der Waals surface area contributed by atoms with Crippen LogP contribution in [0.15, 0.2) is 10.7 Å². The molecule has 1 unspecified atom stereocenters. The number of hydrazine groups is 1. The molecule has 0 aliphatic heterocycles. The van der Waals surface area contributed by atoms with Gasteiger partial charge in [0.2, 0.25) is 0 Å². The number of aryl methyl sites for hydroxylation is 1. The van der Waals surface area contributed by atoms with Gasteiger partial charge in [0, 0.05) is 12.8 Å². The largest absolute Gasteiger partial charge is 0.271 e. The smallest absolute Gasteiger partial charge is 0.0730 e. The molecule has 1 rings (SSSR count). The second kappa shape index (κ2) is 6.64. The van der Waals surface area contributed by atoms with Gasteiger partial charge >= 0.3 is 0 Å². The van der Waals surface area contributed by atoms with Crippen molar-refractivity contribution < 1.29 is 0 Å². The first kappa shape index (κ1) is 14.0. The molecule has 0 bridgehead atoms. The summed E-state index contributed by atoms with van der Waals surface area (Å²) >= 11 is 5.40. The fraction of sp³-hybridized carbons (Fsp3) is 0.700. The van der Waals surface area contributed by atoms with Crippen LogP contribution in [0.5, 0.6) is 0 Å². The van der Waals surface area contributed by atoms with Crippen LogP contribution in [0.2, 0.25) is 0 Å². The minimum atomic E-state index is 0.130. The van der Waals surface area contributed by atoms with E-state index in [1.54, 1.807) is 6.20 Å². The minimum Gasteiger partial charge on any atom is -0.271 e. The zero-order chi connectivity index (χ0) is 12.1. The molecule has 0 aliphatic carbocycles. The van der Waals surface area contributed by atoms with Crippen molar-refractivity contribution in [3.63, 3.8) is 0 Å². The van der Waals surface area contributed by atoms with Gasteiger partial charge in [-0.05, 0) is 27.6 Å². The predicted octanol–water partition coefficient (Wildman–Crippen LogP) is 2.08. The standard InChI is InChI=1S/C10H19BrN4S/c1-7(2)5-16-6-9(14-12)10-8(11)4-13-15(10)3/h4,7,9,14H,5-6,12H2,1-3H3. The van der Waals surface area contributed by atoms with E-state index < -0.39 is 0 Å². The van der Waals surface area contributed by atoms with Crippen molar-refractivity contribution in [2.75, 3.05) is 11.5 Å². The van der Waals surface area contributed by atoms with Crippen LogP contribution in [0.4, 0.5) is 0 Å². The maximum atomic E-state index is 5.59. The molecular weight excluding hydrogens is 288 g/mol. The van der Waals surface area contributed by atoms with Crippen LogP contribution in [0.3, 0.4) is 0 Å². The SMILES string of the molecule is CC(C)CSCC(NN)c1c(Br)cnn1C. The molecule has 0 aliphatic rings. The van der Waals surface area contributed by atoms with Crippen molar-refractivity contribution in [3.8, 4) is 0 Å². The number of thioether (sulfide) groups is 1. The molecule has 0 saturated heterocycles. The number of aromatic nitrogens is 2. The number of hydrogen-bond acceptors (Lipinski definition) is 4. The van der Waals surface area contributed by atoms with Gasteiger partial charge in [-0.15, -0.1) is 0 Å². The summed E-state index contributed by atoms with van der Waals surface area (Å²) in [5.41, 5.74) is 3.94. The lowest BCUT2D eigenvalue weighted by atomic mass is 10.2. The molecule has 16 heavy (non-hydrogen) atoms. The second-order valence-corrected chi connectivity index (χ2v) is 6.08. The van der Waals surface area contributed by atoms with Gasteiger partial charge in [-0.1, -0.05) is 13.8 Å². The van der Waals surface area contributed by atoms with Gasteiger partial charge in [0.25, 0.3) is 0 Å². The van der Waals surface area contributed by atoms with Crippen molar-refractivity contribution >= 4 is 27.7 Å². The van der Waals surface area contributed by atoms with Gasteiger partial charge in [-0.2, -0.15) is 16.9 Å². The number of nitrogens with two attached hydrogens (primary N) is 1. The fourth-order valence-corrected chi connectivity index (χ4v) is 3.16. The summed E-state index contributed by atoms with van der Waals surface area (Å²) < 4.78 is 2.85. The van der Waals surface area contributed by atoms with E-state index in [1.165, 1.54) is 0 Å². The first-order valence-electron chi connectivity index (χ1n) is 5.27. The van der Waals surface area contributed by atoms with Crippen LogP contribution in [-0.4, -0.2) is 21.3 Å². The molecule has 0 fully saturated rings. The Labute approximate surface area is 109 Å². The van der Waals surface area contributed by atoms with Crippen LogP contribution in [-0.2, 0) is 7.05 Å². The van der Waals surface area contributed by atoms with E-state index in [2.05, 4.69) is 40.3 Å². The third-order valence-electron chi connectivity index (χ3n) is 2.20. The monoisotopic (exact) mass is 306 g/mol. The Morgan fingerprint density at radius 1 is 1.56 bits per heavy atom. The van der Waals surface area contributed by atoms with Crippen LogP contribution >= 0.6 is 27.7 Å². The van der Waals surface area contributed by atoms with Crippen molar-refractivity contribution in [2.45, 2.75) is 19.9 Å². The summed E-state index contributed by atoms with van der Waals surface area (Å²) in [5.74, 6) is 8.40. The highest BCUT2D eigenvalue weighted by Gasteiger charge is 2.17. The lowest BCUT2D eigenvalue weighted by Crippen LogP contribution is -2.31. The highest BCUT2D eigenvalue weighted by atomic mass is 79.9. The third kappa shape index (κ3) is 3.76. The molecule has 1 aromatic rings. The minimum absolute atomic E-state index is 0.130. The van der Waals surface area contributed by atoms with Gasteiger partial charge in [0.1, 0.15) is 0 Å². The number of halogens is 1. The Bertz CT molecular complexity index is 307. The van der Waals surface area contributed by atoms with E-state index >= 15 is 0 Å². The number of rotatable bonds is 6. The Morgan fingerprint density at radius 3 is 2.69 bits per heavy atom. The molecule has 0 aromatic carbocycles. The van der Waals surface area contributed by atoms with E-state index in [-0.39, 0.29) is 6.04 Å². The van der Waals surface area contributed by atoms with E-state index in [0.29, 0.717) is 5.92 Å². The van der Waals surface area contributed by atoms with Crippen LogP contribution in [0, 0.1) is 5.92 Å². The Hall–Kier alpha value is -0.0400. The van der Waals surface area contributed by atoms with Gasteiger partial charge in [-0.25, -0.2) is 0 Å². The van der Waals surface area contributed by atoms with Crippen LogP contribution in [0.25, 0.3) is 0 Å². The maximum absolute atomic E-state index is 5.59. The quantitative estimate of drug-likeness (QED) is 0.624. The average molecular weight is 307 g/mol. The van der Waals surface area contributed by atoms with Gasteiger partial charge in [0.15, 0.2) is 0 Å². The zero-order valence-corrected chi connectivity index (χ0v) is 12.3. The van der Waals surface area contributed by atoms with Gasteiger partial charge in [-0.3, -0.25) is 16.0 Å². The first-order valence-corrected chi connectivity index (χ1v) is 7.22. The molecule has 4 nitrogen and oxygen atoms in total. The maximum Gasteiger partial charge on any atom is 0.0730 e. The Balaban J connectivity index is 2.61. The highest BCUT2D eigenvalue weighted by Crippen LogP contribution is 2.25. The molecule has 3 N–H and O–H groups in total. The zero-order valence-electron chi connectivity index (χ0n) is 9.90. The van der Waals surface area contributed by atoms with Crippen LogP contribution in [0.1, 0.15) is 25.6 Å². The van der Waals surface area contributed by atoms with Crippen molar-refractivity contribution in [1.82, 2.24) is 15.2 Å².